The molecule has 0 radical (unpaired) electrons. The molecule has 0 aromatic heterocycles. The van der Waals surface area contributed by atoms with Gasteiger partial charge in [-0.1, -0.05) is 13.8 Å². The molecule has 5 nitrogen and oxygen atoms in total. The van der Waals surface area contributed by atoms with Gasteiger partial charge in [0, 0.05) is 19.1 Å². The number of likely N-dealkylation sites (tertiary alicyclic amines) is 1. The van der Waals surface area contributed by atoms with Gasteiger partial charge in [0.05, 0.1) is 12.5 Å². The first-order chi connectivity index (χ1) is 9.49. The van der Waals surface area contributed by atoms with E-state index in [4.69, 9.17) is 5.11 Å². The smallest absolute Gasteiger partial charge is 0.306 e. The number of carbonyl (C=O) groups excluding carboxylic acids is 1. The van der Waals surface area contributed by atoms with Gasteiger partial charge in [0.2, 0.25) is 5.91 Å². The predicted octanol–water partition coefficient (Wildman–Crippen LogP) is 1.82. The highest BCUT2D eigenvalue weighted by Gasteiger charge is 2.31. The maximum atomic E-state index is 12.3. The number of piperidine rings is 1. The minimum absolute atomic E-state index is 0.166. The van der Waals surface area contributed by atoms with E-state index in [9.17, 15) is 9.59 Å². The molecule has 116 valence electrons. The van der Waals surface area contributed by atoms with Crippen LogP contribution in [0, 0.1) is 5.92 Å². The van der Waals surface area contributed by atoms with Gasteiger partial charge in [-0.15, -0.1) is 0 Å². The van der Waals surface area contributed by atoms with Gasteiger partial charge in [0.1, 0.15) is 0 Å². The number of carboxylic acid groups (broad SMARTS) is 1. The second-order valence-electron chi connectivity index (χ2n) is 5.76. The Balaban J connectivity index is 2.51. The lowest BCUT2D eigenvalue weighted by molar-refractivity contribution is -0.144. The quantitative estimate of drug-likeness (QED) is 0.774. The molecule has 2 atom stereocenters. The maximum Gasteiger partial charge on any atom is 0.306 e. The van der Waals surface area contributed by atoms with Gasteiger partial charge >= 0.3 is 5.97 Å². The summed E-state index contributed by atoms with van der Waals surface area (Å²) in [5.74, 6) is -0.783. The maximum absolute atomic E-state index is 12.3. The van der Waals surface area contributed by atoms with E-state index < -0.39 is 5.97 Å². The summed E-state index contributed by atoms with van der Waals surface area (Å²) < 4.78 is 0. The van der Waals surface area contributed by atoms with Crippen molar-refractivity contribution in [1.29, 1.82) is 0 Å². The van der Waals surface area contributed by atoms with E-state index >= 15 is 0 Å². The molecule has 1 saturated heterocycles. The van der Waals surface area contributed by atoms with Gasteiger partial charge in [0.15, 0.2) is 0 Å². The Morgan fingerprint density at radius 1 is 1.25 bits per heavy atom. The van der Waals surface area contributed by atoms with E-state index in [2.05, 4.69) is 18.7 Å². The molecule has 1 rings (SSSR count). The van der Waals surface area contributed by atoms with Gasteiger partial charge in [-0.25, -0.2) is 0 Å². The minimum Gasteiger partial charge on any atom is -0.481 e. The second-order valence-corrected chi connectivity index (χ2v) is 5.76. The van der Waals surface area contributed by atoms with Crippen molar-refractivity contribution in [3.63, 3.8) is 0 Å². The van der Waals surface area contributed by atoms with Crippen molar-refractivity contribution < 1.29 is 14.7 Å². The van der Waals surface area contributed by atoms with Crippen molar-refractivity contribution in [3.8, 4) is 0 Å². The summed E-state index contributed by atoms with van der Waals surface area (Å²) in [6.07, 6.45) is 3.24. The van der Waals surface area contributed by atoms with Crippen molar-refractivity contribution >= 4 is 11.9 Å². The summed E-state index contributed by atoms with van der Waals surface area (Å²) in [4.78, 5) is 27.4. The van der Waals surface area contributed by atoms with E-state index in [1.165, 1.54) is 0 Å². The molecule has 1 N–H and O–H groups in total. The number of aliphatic carboxylic acids is 1. The third-order valence-electron chi connectivity index (χ3n) is 4.04. The Hall–Kier alpha value is -1.10. The highest BCUT2D eigenvalue weighted by molar-refractivity contribution is 5.78. The number of carbonyl (C=O) groups is 2. The minimum atomic E-state index is -0.707. The van der Waals surface area contributed by atoms with E-state index in [1.54, 1.807) is 0 Å². The normalized spacial score (nSPS) is 23.6. The van der Waals surface area contributed by atoms with Crippen LogP contribution in [0.15, 0.2) is 0 Å². The summed E-state index contributed by atoms with van der Waals surface area (Å²) in [7, 11) is 0. The Labute approximate surface area is 121 Å². The molecule has 1 heterocycles. The molecule has 20 heavy (non-hydrogen) atoms. The standard InChI is InChI=1S/C15H28N2O3/c1-4-7-16(8-5-2)14(18)11-17-9-6-13(15(19)20)10-12(17)3/h12-13H,4-11H2,1-3H3,(H,19,20). The van der Waals surface area contributed by atoms with Crippen molar-refractivity contribution in [2.75, 3.05) is 26.2 Å². The van der Waals surface area contributed by atoms with Crippen LogP contribution < -0.4 is 0 Å². The van der Waals surface area contributed by atoms with Crippen LogP contribution in [0.5, 0.6) is 0 Å². The second kappa shape index (κ2) is 8.25. The lowest BCUT2D eigenvalue weighted by Crippen LogP contribution is -2.48. The fourth-order valence-electron chi connectivity index (χ4n) is 2.85. The van der Waals surface area contributed by atoms with Gasteiger partial charge in [-0.2, -0.15) is 0 Å². The molecule has 2 unspecified atom stereocenters. The molecule has 0 spiro atoms. The van der Waals surface area contributed by atoms with Crippen molar-refractivity contribution in [2.24, 2.45) is 5.92 Å². The van der Waals surface area contributed by atoms with Crippen LogP contribution in [-0.2, 0) is 9.59 Å². The van der Waals surface area contributed by atoms with E-state index in [0.29, 0.717) is 25.9 Å². The number of amides is 1. The third-order valence-corrected chi connectivity index (χ3v) is 4.04. The fourth-order valence-corrected chi connectivity index (χ4v) is 2.85. The van der Waals surface area contributed by atoms with Gasteiger partial charge in [-0.05, 0) is 39.2 Å². The molecular weight excluding hydrogens is 256 g/mol. The lowest BCUT2D eigenvalue weighted by atomic mass is 9.92. The summed E-state index contributed by atoms with van der Waals surface area (Å²) in [6, 6.07) is 0.166. The largest absolute Gasteiger partial charge is 0.481 e. The molecule has 0 aromatic rings. The number of hydrogen-bond donors (Lipinski definition) is 1. The summed E-state index contributed by atoms with van der Waals surface area (Å²) in [5.41, 5.74) is 0. The lowest BCUT2D eigenvalue weighted by Gasteiger charge is -2.36. The van der Waals surface area contributed by atoms with Crippen LogP contribution in [0.2, 0.25) is 0 Å². The van der Waals surface area contributed by atoms with Crippen LogP contribution >= 0.6 is 0 Å². The van der Waals surface area contributed by atoms with Gasteiger partial charge in [0.25, 0.3) is 0 Å². The number of hydrogen-bond acceptors (Lipinski definition) is 3. The molecular formula is C15H28N2O3. The molecule has 5 heteroatoms. The predicted molar refractivity (Wildman–Crippen MR) is 78.6 cm³/mol. The first-order valence-electron chi connectivity index (χ1n) is 7.74. The number of rotatable bonds is 7. The average Bonchev–Trinajstić information content (AvgIpc) is 2.40. The van der Waals surface area contributed by atoms with Crippen molar-refractivity contribution in [3.05, 3.63) is 0 Å². The summed E-state index contributed by atoms with van der Waals surface area (Å²) in [6.45, 7) is 8.93. The van der Waals surface area contributed by atoms with Crippen LogP contribution in [0.4, 0.5) is 0 Å². The van der Waals surface area contributed by atoms with Crippen molar-refractivity contribution in [2.45, 2.75) is 52.5 Å². The first-order valence-corrected chi connectivity index (χ1v) is 7.74. The van der Waals surface area contributed by atoms with Crippen LogP contribution in [0.1, 0.15) is 46.5 Å². The Morgan fingerprint density at radius 2 is 1.85 bits per heavy atom. The zero-order valence-corrected chi connectivity index (χ0v) is 13.0. The average molecular weight is 284 g/mol. The summed E-state index contributed by atoms with van der Waals surface area (Å²) >= 11 is 0. The molecule has 1 aliphatic rings. The van der Waals surface area contributed by atoms with Crippen LogP contribution in [0.25, 0.3) is 0 Å². The van der Waals surface area contributed by atoms with Crippen LogP contribution in [0.3, 0.4) is 0 Å². The van der Waals surface area contributed by atoms with E-state index in [1.807, 2.05) is 11.8 Å². The molecule has 0 saturated carbocycles. The Bertz CT molecular complexity index is 327. The molecule has 1 fully saturated rings. The molecule has 0 aromatic carbocycles. The highest BCUT2D eigenvalue weighted by Crippen LogP contribution is 2.22. The van der Waals surface area contributed by atoms with Crippen LogP contribution in [-0.4, -0.2) is 59.0 Å². The van der Waals surface area contributed by atoms with Gasteiger partial charge in [-0.3, -0.25) is 14.5 Å². The molecule has 0 aliphatic carbocycles. The third kappa shape index (κ3) is 4.78. The Morgan fingerprint density at radius 3 is 2.30 bits per heavy atom. The van der Waals surface area contributed by atoms with E-state index in [0.717, 1.165) is 25.9 Å². The summed E-state index contributed by atoms with van der Waals surface area (Å²) in [5, 5.41) is 9.06. The zero-order chi connectivity index (χ0) is 15.1. The monoisotopic (exact) mass is 284 g/mol. The molecule has 0 bridgehead atoms. The SMILES string of the molecule is CCCN(CCC)C(=O)CN1CCC(C(=O)O)CC1C. The Kier molecular flexibility index (Phi) is 6.99. The zero-order valence-electron chi connectivity index (χ0n) is 13.0. The topological polar surface area (TPSA) is 60.9 Å². The first kappa shape index (κ1) is 17.0. The fraction of sp³-hybridized carbons (Fsp3) is 0.867. The van der Waals surface area contributed by atoms with E-state index in [-0.39, 0.29) is 17.9 Å². The number of nitrogens with zero attached hydrogens (tertiary/aromatic N) is 2. The molecule has 1 amide bonds. The molecule has 1 aliphatic heterocycles. The number of carboxylic acids is 1. The van der Waals surface area contributed by atoms with Gasteiger partial charge < -0.3 is 10.0 Å². The van der Waals surface area contributed by atoms with Crippen molar-refractivity contribution in [1.82, 2.24) is 9.80 Å². The highest BCUT2D eigenvalue weighted by atomic mass is 16.4.